The van der Waals surface area contributed by atoms with Crippen molar-refractivity contribution in [3.63, 3.8) is 0 Å². The minimum atomic E-state index is 0.436. The largest absolute Gasteiger partial charge is 0.0838 e. The molecule has 0 heterocycles. The molecule has 3 rings (SSSR count). The molecule has 2 aliphatic rings. The molecule has 0 spiro atoms. The topological polar surface area (TPSA) is 0 Å². The van der Waals surface area contributed by atoms with Crippen LogP contribution in [-0.4, -0.2) is 0 Å². The van der Waals surface area contributed by atoms with Gasteiger partial charge in [-0.3, -0.25) is 0 Å². The van der Waals surface area contributed by atoms with Crippen LogP contribution in [0.4, 0.5) is 0 Å². The lowest BCUT2D eigenvalue weighted by Gasteiger charge is -2.21. The quantitative estimate of drug-likeness (QED) is 0.557. The lowest BCUT2D eigenvalue weighted by atomic mass is 9.83. The highest BCUT2D eigenvalue weighted by Crippen LogP contribution is 2.33. The van der Waals surface area contributed by atoms with Crippen LogP contribution in [-0.2, 0) is 0 Å². The maximum Gasteiger partial charge on any atom is 0.0272 e. The van der Waals surface area contributed by atoms with E-state index in [2.05, 4.69) is 66.8 Å². The molecule has 1 aromatic carbocycles. The molecule has 0 radical (unpaired) electrons. The Balaban J connectivity index is 2.19. The molecule has 1 atom stereocenters. The first-order valence-electron chi connectivity index (χ1n) is 5.75. The Morgan fingerprint density at radius 1 is 1.00 bits per heavy atom. The Morgan fingerprint density at radius 3 is 2.88 bits per heavy atom. The van der Waals surface area contributed by atoms with Crippen molar-refractivity contribution in [1.82, 2.24) is 0 Å². The molecule has 0 saturated carbocycles. The van der Waals surface area contributed by atoms with Gasteiger partial charge >= 0.3 is 0 Å². The number of allylic oxidation sites excluding steroid dienone is 7. The Morgan fingerprint density at radius 2 is 1.88 bits per heavy atom. The predicted molar refractivity (Wildman–Crippen MR) is 69.2 cm³/mol. The van der Waals surface area contributed by atoms with Gasteiger partial charge < -0.3 is 0 Å². The molecule has 0 fully saturated rings. The van der Waals surface area contributed by atoms with E-state index in [-0.39, 0.29) is 0 Å². The van der Waals surface area contributed by atoms with E-state index in [1.54, 1.807) is 0 Å². The van der Waals surface area contributed by atoms with Crippen LogP contribution in [0.3, 0.4) is 0 Å². The number of hydrogen-bond donors (Lipinski definition) is 0. The molecule has 2 aliphatic carbocycles. The van der Waals surface area contributed by atoms with Gasteiger partial charge in [0, 0.05) is 5.92 Å². The second kappa shape index (κ2) is 3.97. The fraction of sp³-hybridized carbons (Fsp3) is 0.125. The van der Waals surface area contributed by atoms with Crippen LogP contribution in [0.2, 0.25) is 0 Å². The maximum absolute atomic E-state index is 2.32. The van der Waals surface area contributed by atoms with E-state index in [9.17, 15) is 0 Å². The summed E-state index contributed by atoms with van der Waals surface area (Å²) in [6, 6.07) is 8.64. The standard InChI is InChI=1S/C16H14/c1-2-8-14-10-4-6-12-16(14)15-11-5-3-9-13(15)7-1/h1-3,5-12,16H,4H2/b7-1-,8-2-. The first-order valence-corrected chi connectivity index (χ1v) is 5.75. The van der Waals surface area contributed by atoms with Gasteiger partial charge in [0.2, 0.25) is 0 Å². The van der Waals surface area contributed by atoms with Crippen molar-refractivity contribution in [2.75, 3.05) is 0 Å². The van der Waals surface area contributed by atoms with Crippen LogP contribution in [0, 0.1) is 0 Å². The molecule has 0 aliphatic heterocycles. The smallest absolute Gasteiger partial charge is 0.0272 e. The molecule has 0 heteroatoms. The van der Waals surface area contributed by atoms with Gasteiger partial charge in [0.25, 0.3) is 0 Å². The van der Waals surface area contributed by atoms with Crippen LogP contribution in [0.5, 0.6) is 0 Å². The van der Waals surface area contributed by atoms with E-state index >= 15 is 0 Å². The first-order chi connectivity index (χ1) is 7.95. The van der Waals surface area contributed by atoms with E-state index in [4.69, 9.17) is 0 Å². The van der Waals surface area contributed by atoms with Gasteiger partial charge in [0.15, 0.2) is 0 Å². The van der Waals surface area contributed by atoms with Crippen molar-refractivity contribution in [2.45, 2.75) is 12.3 Å². The summed E-state index contributed by atoms with van der Waals surface area (Å²) < 4.78 is 0. The fourth-order valence-electron chi connectivity index (χ4n) is 2.38. The zero-order chi connectivity index (χ0) is 10.8. The minimum absolute atomic E-state index is 0.436. The lowest BCUT2D eigenvalue weighted by Crippen LogP contribution is -2.04. The molecule has 0 N–H and O–H groups in total. The predicted octanol–water partition coefficient (Wildman–Crippen LogP) is 4.24. The van der Waals surface area contributed by atoms with Crippen LogP contribution in [0.1, 0.15) is 23.5 Å². The van der Waals surface area contributed by atoms with Crippen molar-refractivity contribution in [1.29, 1.82) is 0 Å². The highest BCUT2D eigenvalue weighted by atomic mass is 14.2. The van der Waals surface area contributed by atoms with Crippen LogP contribution < -0.4 is 0 Å². The first kappa shape index (κ1) is 9.41. The van der Waals surface area contributed by atoms with Crippen molar-refractivity contribution < 1.29 is 0 Å². The number of benzene rings is 1. The summed E-state index contributed by atoms with van der Waals surface area (Å²) in [5.74, 6) is 0.436. The number of fused-ring (bicyclic) bond motifs is 3. The molecular formula is C16H14. The number of rotatable bonds is 0. The van der Waals surface area contributed by atoms with E-state index in [1.165, 1.54) is 16.7 Å². The zero-order valence-corrected chi connectivity index (χ0v) is 9.14. The second-order valence-electron chi connectivity index (χ2n) is 4.19. The van der Waals surface area contributed by atoms with E-state index in [1.807, 2.05) is 0 Å². The Bertz CT molecular complexity index is 513. The summed E-state index contributed by atoms with van der Waals surface area (Å²) in [6.45, 7) is 0. The average molecular weight is 206 g/mol. The lowest BCUT2D eigenvalue weighted by molar-refractivity contribution is 0.977. The van der Waals surface area contributed by atoms with Gasteiger partial charge in [-0.2, -0.15) is 0 Å². The summed E-state index contributed by atoms with van der Waals surface area (Å²) in [4.78, 5) is 0. The summed E-state index contributed by atoms with van der Waals surface area (Å²) in [5.41, 5.74) is 4.15. The van der Waals surface area contributed by atoms with Gasteiger partial charge in [0.1, 0.15) is 0 Å². The van der Waals surface area contributed by atoms with Gasteiger partial charge in [-0.25, -0.2) is 0 Å². The average Bonchev–Trinajstić information content (AvgIpc) is 2.33. The van der Waals surface area contributed by atoms with Crippen molar-refractivity contribution in [3.8, 4) is 0 Å². The molecular weight excluding hydrogens is 192 g/mol. The van der Waals surface area contributed by atoms with Crippen LogP contribution in [0.25, 0.3) is 6.08 Å². The molecule has 16 heavy (non-hydrogen) atoms. The summed E-state index contributed by atoms with van der Waals surface area (Å²) >= 11 is 0. The number of hydrogen-bond acceptors (Lipinski definition) is 0. The molecule has 0 bridgehead atoms. The fourth-order valence-corrected chi connectivity index (χ4v) is 2.38. The normalized spacial score (nSPS) is 25.8. The molecule has 0 nitrogen and oxygen atoms in total. The Hall–Kier alpha value is -1.82. The molecule has 1 unspecified atom stereocenters. The van der Waals surface area contributed by atoms with Crippen LogP contribution >= 0.6 is 0 Å². The van der Waals surface area contributed by atoms with E-state index in [0.29, 0.717) is 5.92 Å². The molecule has 78 valence electrons. The highest BCUT2D eigenvalue weighted by molar-refractivity contribution is 5.61. The summed E-state index contributed by atoms with van der Waals surface area (Å²) in [6.07, 6.45) is 16.6. The van der Waals surface area contributed by atoms with Gasteiger partial charge in [-0.05, 0) is 23.1 Å². The van der Waals surface area contributed by atoms with E-state index < -0.39 is 0 Å². The third kappa shape index (κ3) is 1.57. The van der Waals surface area contributed by atoms with Crippen LogP contribution in [0.15, 0.2) is 66.3 Å². The zero-order valence-electron chi connectivity index (χ0n) is 9.14. The second-order valence-corrected chi connectivity index (χ2v) is 4.19. The third-order valence-electron chi connectivity index (χ3n) is 3.18. The molecule has 0 aromatic heterocycles. The Labute approximate surface area is 96.3 Å². The van der Waals surface area contributed by atoms with Crippen molar-refractivity contribution in [2.24, 2.45) is 0 Å². The molecule has 0 saturated heterocycles. The highest BCUT2D eigenvalue weighted by Gasteiger charge is 2.16. The van der Waals surface area contributed by atoms with Gasteiger partial charge in [-0.1, -0.05) is 66.8 Å². The third-order valence-corrected chi connectivity index (χ3v) is 3.18. The maximum atomic E-state index is 2.32. The Kier molecular flexibility index (Phi) is 2.34. The molecule has 0 amide bonds. The molecule has 1 aromatic rings. The van der Waals surface area contributed by atoms with Crippen molar-refractivity contribution >= 4 is 6.08 Å². The van der Waals surface area contributed by atoms with E-state index in [0.717, 1.165) is 6.42 Å². The van der Waals surface area contributed by atoms with Gasteiger partial charge in [0.05, 0.1) is 0 Å². The summed E-state index contributed by atoms with van der Waals surface area (Å²) in [7, 11) is 0. The van der Waals surface area contributed by atoms with Gasteiger partial charge in [-0.15, -0.1) is 0 Å². The minimum Gasteiger partial charge on any atom is -0.0838 e. The monoisotopic (exact) mass is 206 g/mol. The summed E-state index contributed by atoms with van der Waals surface area (Å²) in [5, 5.41) is 0. The van der Waals surface area contributed by atoms with Crippen molar-refractivity contribution in [3.05, 3.63) is 77.4 Å². The SMILES string of the molecule is C1=CC2C(=CC1)/C=C\C=C/c1ccccc12.